The topological polar surface area (TPSA) is 42.4 Å². The SMILES string of the molecule is CCOC(=O)C(c1ccccc1)N(C)Cc1ccncc1. The molecule has 1 aromatic heterocycles. The zero-order chi connectivity index (χ0) is 15.1. The van der Waals surface area contributed by atoms with Crippen LogP contribution in [-0.2, 0) is 16.1 Å². The molecule has 0 bridgehead atoms. The molecule has 2 aromatic rings. The molecule has 4 nitrogen and oxygen atoms in total. The van der Waals surface area contributed by atoms with Gasteiger partial charge in [-0.15, -0.1) is 0 Å². The van der Waals surface area contributed by atoms with Gasteiger partial charge < -0.3 is 4.74 Å². The summed E-state index contributed by atoms with van der Waals surface area (Å²) in [5, 5.41) is 0. The molecule has 1 unspecified atom stereocenters. The van der Waals surface area contributed by atoms with Crippen LogP contribution >= 0.6 is 0 Å². The number of hydrogen-bond donors (Lipinski definition) is 0. The molecule has 1 aromatic carbocycles. The summed E-state index contributed by atoms with van der Waals surface area (Å²) in [7, 11) is 1.93. The van der Waals surface area contributed by atoms with Gasteiger partial charge in [0.1, 0.15) is 6.04 Å². The van der Waals surface area contributed by atoms with Gasteiger partial charge in [0.15, 0.2) is 0 Å². The Morgan fingerprint density at radius 2 is 1.86 bits per heavy atom. The Morgan fingerprint density at radius 1 is 1.19 bits per heavy atom. The number of aromatic nitrogens is 1. The Labute approximate surface area is 125 Å². The van der Waals surface area contributed by atoms with E-state index in [0.717, 1.165) is 11.1 Å². The van der Waals surface area contributed by atoms with Gasteiger partial charge in [0.2, 0.25) is 0 Å². The van der Waals surface area contributed by atoms with Crippen LogP contribution in [0, 0.1) is 0 Å². The van der Waals surface area contributed by atoms with Crippen molar-refractivity contribution >= 4 is 5.97 Å². The average molecular weight is 284 g/mol. The summed E-state index contributed by atoms with van der Waals surface area (Å²) in [5.41, 5.74) is 2.05. The standard InChI is InChI=1S/C17H20N2O2/c1-3-21-17(20)16(15-7-5-4-6-8-15)19(2)13-14-9-11-18-12-10-14/h4-12,16H,3,13H2,1-2H3. The molecule has 0 saturated heterocycles. The maximum absolute atomic E-state index is 12.3. The molecule has 4 heteroatoms. The highest BCUT2D eigenvalue weighted by molar-refractivity contribution is 5.77. The fourth-order valence-corrected chi connectivity index (χ4v) is 2.29. The molecule has 0 aliphatic heterocycles. The summed E-state index contributed by atoms with van der Waals surface area (Å²) >= 11 is 0. The van der Waals surface area contributed by atoms with Gasteiger partial charge in [0, 0.05) is 18.9 Å². The van der Waals surface area contributed by atoms with Crippen LogP contribution in [0.5, 0.6) is 0 Å². The highest BCUT2D eigenvalue weighted by Gasteiger charge is 2.26. The number of rotatable bonds is 6. The van der Waals surface area contributed by atoms with Crippen molar-refractivity contribution < 1.29 is 9.53 Å². The van der Waals surface area contributed by atoms with Crippen LogP contribution in [0.1, 0.15) is 24.1 Å². The second-order valence-electron chi connectivity index (χ2n) is 4.84. The van der Waals surface area contributed by atoms with Crippen LogP contribution < -0.4 is 0 Å². The summed E-state index contributed by atoms with van der Waals surface area (Å²) in [6.07, 6.45) is 3.51. The molecule has 1 heterocycles. The predicted octanol–water partition coefficient (Wildman–Crippen LogP) is 2.82. The largest absolute Gasteiger partial charge is 0.465 e. The molecule has 0 saturated carbocycles. The molecule has 2 rings (SSSR count). The predicted molar refractivity (Wildman–Crippen MR) is 81.5 cm³/mol. The van der Waals surface area contributed by atoms with Gasteiger partial charge in [-0.1, -0.05) is 30.3 Å². The number of nitrogens with zero attached hydrogens (tertiary/aromatic N) is 2. The molecular weight excluding hydrogens is 264 g/mol. The van der Waals surface area contributed by atoms with Crippen LogP contribution in [0.2, 0.25) is 0 Å². The van der Waals surface area contributed by atoms with Crippen molar-refractivity contribution in [3.8, 4) is 0 Å². The van der Waals surface area contributed by atoms with Crippen LogP contribution in [0.25, 0.3) is 0 Å². The third-order valence-corrected chi connectivity index (χ3v) is 3.25. The molecular formula is C17H20N2O2. The van der Waals surface area contributed by atoms with E-state index in [1.807, 2.05) is 61.3 Å². The molecule has 0 amide bonds. The third kappa shape index (κ3) is 4.13. The minimum absolute atomic E-state index is 0.222. The Morgan fingerprint density at radius 3 is 2.48 bits per heavy atom. The first kappa shape index (κ1) is 15.2. The average Bonchev–Trinajstić information content (AvgIpc) is 2.50. The van der Waals surface area contributed by atoms with Crippen LogP contribution in [0.15, 0.2) is 54.9 Å². The van der Waals surface area contributed by atoms with Gasteiger partial charge in [-0.3, -0.25) is 9.88 Å². The van der Waals surface area contributed by atoms with Crippen molar-refractivity contribution in [2.24, 2.45) is 0 Å². The number of benzene rings is 1. The summed E-state index contributed by atoms with van der Waals surface area (Å²) in [4.78, 5) is 18.3. The number of pyridine rings is 1. The third-order valence-electron chi connectivity index (χ3n) is 3.25. The van der Waals surface area contributed by atoms with E-state index in [1.165, 1.54) is 0 Å². The molecule has 21 heavy (non-hydrogen) atoms. The summed E-state index contributed by atoms with van der Waals surface area (Å²) in [6.45, 7) is 2.86. The van der Waals surface area contributed by atoms with E-state index in [0.29, 0.717) is 13.2 Å². The zero-order valence-electron chi connectivity index (χ0n) is 12.4. The van der Waals surface area contributed by atoms with Gasteiger partial charge in [-0.05, 0) is 37.2 Å². The van der Waals surface area contributed by atoms with E-state index in [1.54, 1.807) is 12.4 Å². The first-order valence-corrected chi connectivity index (χ1v) is 7.03. The quantitative estimate of drug-likeness (QED) is 0.765. The summed E-state index contributed by atoms with van der Waals surface area (Å²) in [5.74, 6) is -0.222. The molecule has 0 radical (unpaired) electrons. The minimum Gasteiger partial charge on any atom is -0.465 e. The van der Waals surface area contributed by atoms with E-state index < -0.39 is 6.04 Å². The number of hydrogen-bond acceptors (Lipinski definition) is 4. The molecule has 110 valence electrons. The Hall–Kier alpha value is -2.20. The maximum Gasteiger partial charge on any atom is 0.327 e. The summed E-state index contributed by atoms with van der Waals surface area (Å²) in [6, 6.07) is 13.2. The molecule has 0 fully saturated rings. The monoisotopic (exact) mass is 284 g/mol. The van der Waals surface area contributed by atoms with Gasteiger partial charge in [0.25, 0.3) is 0 Å². The lowest BCUT2D eigenvalue weighted by atomic mass is 10.1. The minimum atomic E-state index is -0.403. The highest BCUT2D eigenvalue weighted by Crippen LogP contribution is 2.22. The second-order valence-corrected chi connectivity index (χ2v) is 4.84. The maximum atomic E-state index is 12.3. The number of carbonyl (C=O) groups excluding carboxylic acids is 1. The van der Waals surface area contributed by atoms with Crippen molar-refractivity contribution in [2.75, 3.05) is 13.7 Å². The fraction of sp³-hybridized carbons (Fsp3) is 0.294. The van der Waals surface area contributed by atoms with Crippen LogP contribution in [0.4, 0.5) is 0 Å². The number of likely N-dealkylation sites (N-methyl/N-ethyl adjacent to an activating group) is 1. The van der Waals surface area contributed by atoms with Gasteiger partial charge in [-0.2, -0.15) is 0 Å². The molecule has 1 atom stereocenters. The van der Waals surface area contributed by atoms with Crippen LogP contribution in [0.3, 0.4) is 0 Å². The first-order valence-electron chi connectivity index (χ1n) is 7.03. The first-order chi connectivity index (χ1) is 10.2. The number of carbonyl (C=O) groups is 1. The Kier molecular flexibility index (Phi) is 5.46. The Bertz CT molecular complexity index is 558. The molecule has 0 aliphatic rings. The van der Waals surface area contributed by atoms with Gasteiger partial charge in [-0.25, -0.2) is 4.79 Å². The van der Waals surface area contributed by atoms with E-state index in [9.17, 15) is 4.79 Å². The molecule has 0 N–H and O–H groups in total. The molecule has 0 spiro atoms. The van der Waals surface area contributed by atoms with E-state index in [2.05, 4.69) is 4.98 Å². The van der Waals surface area contributed by atoms with Crippen LogP contribution in [-0.4, -0.2) is 29.5 Å². The lowest BCUT2D eigenvalue weighted by molar-refractivity contribution is -0.149. The van der Waals surface area contributed by atoms with Crippen molar-refractivity contribution in [2.45, 2.75) is 19.5 Å². The van der Waals surface area contributed by atoms with Crippen molar-refractivity contribution in [1.29, 1.82) is 0 Å². The summed E-state index contributed by atoms with van der Waals surface area (Å²) < 4.78 is 5.22. The normalized spacial score (nSPS) is 12.1. The van der Waals surface area contributed by atoms with Crippen molar-refractivity contribution in [3.63, 3.8) is 0 Å². The van der Waals surface area contributed by atoms with Gasteiger partial charge >= 0.3 is 5.97 Å². The lowest BCUT2D eigenvalue weighted by Gasteiger charge is -2.26. The van der Waals surface area contributed by atoms with Crippen molar-refractivity contribution in [1.82, 2.24) is 9.88 Å². The van der Waals surface area contributed by atoms with E-state index in [4.69, 9.17) is 4.74 Å². The molecule has 0 aliphatic carbocycles. The Balaban J connectivity index is 2.20. The highest BCUT2D eigenvalue weighted by atomic mass is 16.5. The van der Waals surface area contributed by atoms with E-state index >= 15 is 0 Å². The van der Waals surface area contributed by atoms with Gasteiger partial charge in [0.05, 0.1) is 6.61 Å². The number of esters is 1. The smallest absolute Gasteiger partial charge is 0.327 e. The lowest BCUT2D eigenvalue weighted by Crippen LogP contribution is -2.32. The fourth-order valence-electron chi connectivity index (χ4n) is 2.29. The van der Waals surface area contributed by atoms with E-state index in [-0.39, 0.29) is 5.97 Å². The second kappa shape index (κ2) is 7.55. The number of ether oxygens (including phenoxy) is 1. The van der Waals surface area contributed by atoms with Crippen molar-refractivity contribution in [3.05, 3.63) is 66.0 Å². The zero-order valence-corrected chi connectivity index (χ0v) is 12.4.